The van der Waals surface area contributed by atoms with Gasteiger partial charge in [0.25, 0.3) is 0 Å². The molecular weight excluding hydrogens is 378 g/mol. The Morgan fingerprint density at radius 3 is 2.67 bits per heavy atom. The van der Waals surface area contributed by atoms with Gasteiger partial charge in [-0.25, -0.2) is 4.79 Å². The quantitative estimate of drug-likeness (QED) is 0.775. The van der Waals surface area contributed by atoms with Crippen LogP contribution in [0.2, 0.25) is 0 Å². The average Bonchev–Trinajstić information content (AvgIpc) is 2.74. The normalized spacial score (nSPS) is 18.6. The molecule has 0 aromatic heterocycles. The molecule has 6 nitrogen and oxygen atoms in total. The summed E-state index contributed by atoms with van der Waals surface area (Å²) in [6, 6.07) is 13.4. The van der Waals surface area contributed by atoms with Gasteiger partial charge in [0.2, 0.25) is 5.91 Å². The first-order valence-corrected chi connectivity index (χ1v) is 10.4. The molecule has 3 rings (SSSR count). The predicted molar refractivity (Wildman–Crippen MR) is 119 cm³/mol. The molecule has 1 atom stereocenters. The molecule has 0 aliphatic carbocycles. The van der Waals surface area contributed by atoms with Crippen LogP contribution in [0.4, 0.5) is 10.5 Å². The number of benzene rings is 2. The SMILES string of the molecule is COc1cccc(CNC(=O)C2(C)CCCN(C(=O)Nc3ccc(C)c(C)c3)C2)c1. The number of piperidine rings is 1. The Balaban J connectivity index is 1.60. The summed E-state index contributed by atoms with van der Waals surface area (Å²) in [4.78, 5) is 27.5. The van der Waals surface area contributed by atoms with Crippen LogP contribution in [-0.2, 0) is 11.3 Å². The molecule has 1 fully saturated rings. The summed E-state index contributed by atoms with van der Waals surface area (Å²) in [5.74, 6) is 0.730. The van der Waals surface area contributed by atoms with E-state index < -0.39 is 5.41 Å². The number of anilines is 1. The third-order valence-corrected chi connectivity index (χ3v) is 5.88. The number of nitrogens with zero attached hydrogens (tertiary/aromatic N) is 1. The van der Waals surface area contributed by atoms with Gasteiger partial charge in [0, 0.05) is 25.3 Å². The van der Waals surface area contributed by atoms with E-state index in [-0.39, 0.29) is 11.9 Å². The number of hydrogen-bond acceptors (Lipinski definition) is 3. The number of methoxy groups -OCH3 is 1. The zero-order valence-corrected chi connectivity index (χ0v) is 18.2. The zero-order chi connectivity index (χ0) is 21.7. The number of carbonyl (C=O) groups excluding carboxylic acids is 2. The average molecular weight is 410 g/mol. The molecule has 1 saturated heterocycles. The lowest BCUT2D eigenvalue weighted by atomic mass is 9.81. The third-order valence-electron chi connectivity index (χ3n) is 5.88. The van der Waals surface area contributed by atoms with Gasteiger partial charge < -0.3 is 20.3 Å². The summed E-state index contributed by atoms with van der Waals surface area (Å²) < 4.78 is 5.24. The Morgan fingerprint density at radius 2 is 1.93 bits per heavy atom. The van der Waals surface area contributed by atoms with Gasteiger partial charge in [-0.15, -0.1) is 0 Å². The number of likely N-dealkylation sites (tertiary alicyclic amines) is 1. The number of aryl methyl sites for hydroxylation is 2. The van der Waals surface area contributed by atoms with Crippen LogP contribution in [0.15, 0.2) is 42.5 Å². The fourth-order valence-corrected chi connectivity index (χ4v) is 3.80. The van der Waals surface area contributed by atoms with Gasteiger partial charge >= 0.3 is 6.03 Å². The monoisotopic (exact) mass is 409 g/mol. The van der Waals surface area contributed by atoms with Gasteiger partial charge in [0.1, 0.15) is 5.75 Å². The largest absolute Gasteiger partial charge is 0.497 e. The Kier molecular flexibility index (Phi) is 6.65. The molecule has 2 aromatic carbocycles. The van der Waals surface area contributed by atoms with Gasteiger partial charge in [-0.1, -0.05) is 18.2 Å². The third kappa shape index (κ3) is 5.12. The van der Waals surface area contributed by atoms with Crippen molar-refractivity contribution in [3.63, 3.8) is 0 Å². The van der Waals surface area contributed by atoms with E-state index in [0.717, 1.165) is 35.4 Å². The molecule has 0 bridgehead atoms. The number of carbonyl (C=O) groups is 2. The second-order valence-electron chi connectivity index (χ2n) is 8.35. The first-order chi connectivity index (χ1) is 14.3. The van der Waals surface area contributed by atoms with Crippen LogP contribution in [-0.4, -0.2) is 37.0 Å². The predicted octanol–water partition coefficient (Wildman–Crippen LogP) is 4.26. The van der Waals surface area contributed by atoms with E-state index in [1.165, 1.54) is 5.56 Å². The maximum absolute atomic E-state index is 13.0. The van der Waals surface area contributed by atoms with Gasteiger partial charge in [-0.2, -0.15) is 0 Å². The number of rotatable bonds is 5. The fourth-order valence-electron chi connectivity index (χ4n) is 3.80. The Labute approximate surface area is 178 Å². The van der Waals surface area contributed by atoms with Crippen LogP contribution in [0.5, 0.6) is 5.75 Å². The van der Waals surface area contributed by atoms with E-state index in [9.17, 15) is 9.59 Å². The van der Waals surface area contributed by atoms with E-state index in [1.54, 1.807) is 12.0 Å². The molecule has 2 N–H and O–H groups in total. The molecule has 2 aromatic rings. The second-order valence-corrected chi connectivity index (χ2v) is 8.35. The summed E-state index contributed by atoms with van der Waals surface area (Å²) in [7, 11) is 1.62. The second kappa shape index (κ2) is 9.20. The minimum absolute atomic E-state index is 0.0333. The van der Waals surface area contributed by atoms with Gasteiger partial charge in [0.15, 0.2) is 0 Å². The van der Waals surface area contributed by atoms with Gasteiger partial charge in [0.05, 0.1) is 12.5 Å². The van der Waals surface area contributed by atoms with Crippen molar-refractivity contribution in [1.29, 1.82) is 0 Å². The number of ether oxygens (including phenoxy) is 1. The molecule has 30 heavy (non-hydrogen) atoms. The van der Waals surface area contributed by atoms with Crippen LogP contribution in [0, 0.1) is 19.3 Å². The van der Waals surface area contributed by atoms with Crippen molar-refractivity contribution in [2.75, 3.05) is 25.5 Å². The van der Waals surface area contributed by atoms with Crippen molar-refractivity contribution in [2.24, 2.45) is 5.41 Å². The van der Waals surface area contributed by atoms with Crippen LogP contribution in [0.25, 0.3) is 0 Å². The van der Waals surface area contributed by atoms with E-state index >= 15 is 0 Å². The van der Waals surface area contributed by atoms with Crippen LogP contribution < -0.4 is 15.4 Å². The molecule has 1 unspecified atom stereocenters. The Morgan fingerprint density at radius 1 is 1.13 bits per heavy atom. The van der Waals surface area contributed by atoms with Gasteiger partial charge in [-0.05, 0) is 74.6 Å². The van der Waals surface area contributed by atoms with E-state index in [1.807, 2.05) is 63.2 Å². The number of amides is 3. The molecule has 0 saturated carbocycles. The molecule has 1 aliphatic rings. The zero-order valence-electron chi connectivity index (χ0n) is 18.2. The van der Waals surface area contributed by atoms with Crippen molar-refractivity contribution in [1.82, 2.24) is 10.2 Å². The maximum atomic E-state index is 13.0. The lowest BCUT2D eigenvalue weighted by molar-refractivity contribution is -0.132. The summed E-state index contributed by atoms with van der Waals surface area (Å²) >= 11 is 0. The minimum Gasteiger partial charge on any atom is -0.497 e. The van der Waals surface area contributed by atoms with Crippen molar-refractivity contribution >= 4 is 17.6 Å². The molecule has 1 aliphatic heterocycles. The minimum atomic E-state index is -0.613. The Bertz CT molecular complexity index is 928. The van der Waals surface area contributed by atoms with Crippen molar-refractivity contribution < 1.29 is 14.3 Å². The highest BCUT2D eigenvalue weighted by molar-refractivity contribution is 5.90. The van der Waals surface area contributed by atoms with Crippen LogP contribution in [0.1, 0.15) is 36.5 Å². The Hall–Kier alpha value is -3.02. The molecule has 0 spiro atoms. The summed E-state index contributed by atoms with van der Waals surface area (Å²) in [6.45, 7) is 7.48. The summed E-state index contributed by atoms with van der Waals surface area (Å²) in [6.07, 6.45) is 1.55. The van der Waals surface area contributed by atoms with Crippen molar-refractivity contribution in [3.05, 3.63) is 59.2 Å². The topological polar surface area (TPSA) is 70.7 Å². The molecule has 0 radical (unpaired) electrons. The molecule has 6 heteroatoms. The standard InChI is InChI=1S/C24H31N3O3/c1-17-9-10-20(13-18(17)2)26-23(29)27-12-6-11-24(3,16-27)22(28)25-15-19-7-5-8-21(14-19)30-4/h5,7-10,13-14H,6,11-12,15-16H2,1-4H3,(H,25,28)(H,26,29). The number of nitrogens with one attached hydrogen (secondary N) is 2. The van der Waals surface area contributed by atoms with E-state index in [2.05, 4.69) is 10.6 Å². The highest BCUT2D eigenvalue weighted by Crippen LogP contribution is 2.30. The molecule has 1 heterocycles. The van der Waals surface area contributed by atoms with Gasteiger partial charge in [-0.3, -0.25) is 4.79 Å². The number of urea groups is 1. The molecule has 3 amide bonds. The van der Waals surface area contributed by atoms with E-state index in [0.29, 0.717) is 19.6 Å². The highest BCUT2D eigenvalue weighted by Gasteiger charge is 2.39. The van der Waals surface area contributed by atoms with Crippen LogP contribution in [0.3, 0.4) is 0 Å². The summed E-state index contributed by atoms with van der Waals surface area (Å²) in [5, 5.41) is 6.00. The summed E-state index contributed by atoms with van der Waals surface area (Å²) in [5.41, 5.74) is 3.46. The smallest absolute Gasteiger partial charge is 0.321 e. The maximum Gasteiger partial charge on any atom is 0.321 e. The first-order valence-electron chi connectivity index (χ1n) is 10.4. The molecule has 160 valence electrons. The lowest BCUT2D eigenvalue weighted by Crippen LogP contribution is -2.52. The van der Waals surface area contributed by atoms with Crippen molar-refractivity contribution in [3.8, 4) is 5.75 Å². The lowest BCUT2D eigenvalue weighted by Gasteiger charge is -2.39. The van der Waals surface area contributed by atoms with Crippen molar-refractivity contribution in [2.45, 2.75) is 40.2 Å². The molecular formula is C24H31N3O3. The van der Waals surface area contributed by atoms with Crippen LogP contribution >= 0.6 is 0 Å². The number of hydrogen-bond donors (Lipinski definition) is 2. The fraction of sp³-hybridized carbons (Fsp3) is 0.417. The highest BCUT2D eigenvalue weighted by atomic mass is 16.5. The first kappa shape index (κ1) is 21.7. The van der Waals surface area contributed by atoms with E-state index in [4.69, 9.17) is 4.74 Å².